The first-order chi connectivity index (χ1) is 35.1. The molecule has 0 spiro atoms. The highest BCUT2D eigenvalue weighted by Crippen LogP contribution is 2.62. The summed E-state index contributed by atoms with van der Waals surface area (Å²) in [5, 5.41) is 2.78. The third-order valence-electron chi connectivity index (χ3n) is 19.2. The van der Waals surface area contributed by atoms with E-state index in [1.807, 2.05) is 11.3 Å². The van der Waals surface area contributed by atoms with Crippen molar-refractivity contribution in [2.24, 2.45) is 0 Å². The van der Waals surface area contributed by atoms with Gasteiger partial charge in [0.05, 0.1) is 16.2 Å². The second kappa shape index (κ2) is 16.0. The number of para-hydroxylation sites is 1. The number of hydrogen-bond donors (Lipinski definition) is 0. The molecule has 0 saturated heterocycles. The first kappa shape index (κ1) is 47.7. The van der Waals surface area contributed by atoms with Crippen LogP contribution in [0.25, 0.3) is 21.2 Å². The maximum atomic E-state index is 2.78. The molecule has 3 aliphatic heterocycles. The number of benzene rings is 7. The lowest BCUT2D eigenvalue weighted by Crippen LogP contribution is -2.61. The summed E-state index contributed by atoms with van der Waals surface area (Å²) in [5.74, 6) is 0. The quantitative estimate of drug-likeness (QED) is 0.163. The van der Waals surface area contributed by atoms with Crippen LogP contribution < -0.4 is 31.1 Å². The van der Waals surface area contributed by atoms with Gasteiger partial charge in [0, 0.05) is 49.8 Å². The summed E-state index contributed by atoms with van der Waals surface area (Å²) < 4.78 is 1.40. The molecule has 2 aliphatic carbocycles. The summed E-state index contributed by atoms with van der Waals surface area (Å²) >= 11 is 2.02. The molecule has 7 aromatic carbocycles. The number of rotatable bonds is 4. The van der Waals surface area contributed by atoms with Gasteiger partial charge in [-0.25, -0.2) is 0 Å². The van der Waals surface area contributed by atoms with E-state index in [-0.39, 0.29) is 39.3 Å². The Labute approximate surface area is 446 Å². The number of aryl methyl sites for hydroxylation is 1. The summed E-state index contributed by atoms with van der Waals surface area (Å²) in [4.78, 5) is 8.18. The van der Waals surface area contributed by atoms with Gasteiger partial charge in [0.25, 0.3) is 6.71 Å². The minimum Gasteiger partial charge on any atom is -0.334 e. The molecule has 2 atom stereocenters. The average Bonchev–Trinajstić information content (AvgIpc) is 3.83. The van der Waals surface area contributed by atoms with Crippen molar-refractivity contribution in [1.82, 2.24) is 0 Å². The zero-order valence-electron chi connectivity index (χ0n) is 46.3. The maximum absolute atomic E-state index is 2.78. The van der Waals surface area contributed by atoms with E-state index in [4.69, 9.17) is 0 Å². The summed E-state index contributed by atoms with van der Waals surface area (Å²) in [5.41, 5.74) is 24.3. The van der Waals surface area contributed by atoms with E-state index in [1.54, 1.807) is 0 Å². The third-order valence-corrected chi connectivity index (χ3v) is 20.4. The molecule has 0 N–H and O–H groups in total. The minimum atomic E-state index is -0.0951. The summed E-state index contributed by atoms with van der Waals surface area (Å²) in [6.07, 6.45) is 7.18. The normalized spacial score (nSPS) is 21.2. The Morgan fingerprint density at radius 1 is 0.500 bits per heavy atom. The molecule has 13 rings (SSSR count). The van der Waals surface area contributed by atoms with Crippen LogP contribution in [0.2, 0.25) is 0 Å². The SMILES string of the molecule is Cc1cc2c3c(c1)N(c1ccc(C(C)(C)C)cc1)c1sc4cc5c(cc4c1B3c1cc3c(cc1N2c1ccc(C(C)(C)C)cc1-c1ccccc1)N(c1ccccc1)C1(C)CCCCC31C)C(C)(C)CCC5(C)C. The molecule has 5 heteroatoms. The summed E-state index contributed by atoms with van der Waals surface area (Å²) in [7, 11) is 0. The van der Waals surface area contributed by atoms with Crippen LogP contribution in [0.5, 0.6) is 0 Å². The Bertz CT molecular complexity index is 3590. The van der Waals surface area contributed by atoms with E-state index in [0.29, 0.717) is 0 Å². The van der Waals surface area contributed by atoms with Gasteiger partial charge in [-0.15, -0.1) is 11.3 Å². The van der Waals surface area contributed by atoms with E-state index < -0.39 is 0 Å². The lowest BCUT2D eigenvalue weighted by molar-refractivity contribution is 0.195. The van der Waals surface area contributed by atoms with Gasteiger partial charge >= 0.3 is 0 Å². The fraction of sp³-hybridized carbons (Fsp3) is 0.362. The largest absolute Gasteiger partial charge is 0.334 e. The molecule has 0 bridgehead atoms. The van der Waals surface area contributed by atoms with Crippen LogP contribution in [0.1, 0.15) is 155 Å². The molecule has 1 aromatic heterocycles. The highest BCUT2D eigenvalue weighted by Gasteiger charge is 2.59. The Balaban J connectivity index is 1.18. The predicted molar refractivity (Wildman–Crippen MR) is 322 cm³/mol. The predicted octanol–water partition coefficient (Wildman–Crippen LogP) is 17.6. The average molecular weight is 988 g/mol. The van der Waals surface area contributed by atoms with Crippen molar-refractivity contribution < 1.29 is 0 Å². The van der Waals surface area contributed by atoms with Crippen LogP contribution in [0.15, 0.2) is 140 Å². The van der Waals surface area contributed by atoms with Crippen molar-refractivity contribution in [3.8, 4) is 11.1 Å². The zero-order chi connectivity index (χ0) is 51.6. The maximum Gasteiger partial charge on any atom is 0.254 e. The van der Waals surface area contributed by atoms with Crippen LogP contribution in [0, 0.1) is 6.92 Å². The van der Waals surface area contributed by atoms with Crippen LogP contribution in [-0.2, 0) is 27.1 Å². The van der Waals surface area contributed by atoms with Gasteiger partial charge in [-0.05, 0) is 189 Å². The van der Waals surface area contributed by atoms with E-state index in [2.05, 4.69) is 244 Å². The molecule has 74 heavy (non-hydrogen) atoms. The van der Waals surface area contributed by atoms with Gasteiger partial charge in [0.1, 0.15) is 0 Å². The molecular formula is C69H74BN3S. The monoisotopic (exact) mass is 988 g/mol. The van der Waals surface area contributed by atoms with Crippen LogP contribution in [-0.4, -0.2) is 12.3 Å². The van der Waals surface area contributed by atoms with Crippen LogP contribution >= 0.6 is 11.3 Å². The van der Waals surface area contributed by atoms with Crippen molar-refractivity contribution in [3.05, 3.63) is 173 Å². The van der Waals surface area contributed by atoms with E-state index >= 15 is 0 Å². The van der Waals surface area contributed by atoms with Gasteiger partial charge in [-0.2, -0.15) is 0 Å². The molecule has 5 aliphatic rings. The lowest BCUT2D eigenvalue weighted by atomic mass is 9.33. The van der Waals surface area contributed by atoms with E-state index in [9.17, 15) is 0 Å². The van der Waals surface area contributed by atoms with Crippen LogP contribution in [0.3, 0.4) is 0 Å². The van der Waals surface area contributed by atoms with Crippen molar-refractivity contribution in [3.63, 3.8) is 0 Å². The fourth-order valence-electron chi connectivity index (χ4n) is 14.6. The van der Waals surface area contributed by atoms with E-state index in [1.165, 1.54) is 148 Å². The highest BCUT2D eigenvalue weighted by atomic mass is 32.1. The van der Waals surface area contributed by atoms with Crippen LogP contribution in [0.4, 0.5) is 44.8 Å². The molecule has 0 radical (unpaired) electrons. The Kier molecular flexibility index (Phi) is 10.3. The second-order valence-electron chi connectivity index (χ2n) is 26.9. The minimum absolute atomic E-state index is 0.00186. The first-order valence-electron chi connectivity index (χ1n) is 27.8. The zero-order valence-corrected chi connectivity index (χ0v) is 47.2. The Morgan fingerprint density at radius 3 is 1.77 bits per heavy atom. The standard InChI is InChI=1S/C69H74BN3S/c1-43-36-58-62-59(37-43)72(55-31-28-46(65(5,6)7)38-49(55)44-22-16-14-17-23-44)57-42-56-53(68(12)32-20-21-33-69(68,13)73(56)48-24-18-15-19-25-48)40-54(57)70(62)61-50-39-51-52(67(10,11)35-34-66(51,8)9)41-60(50)74-63(61)71(58)47-29-26-45(27-30-47)64(2,3)4/h14-19,22-31,36-42H,20-21,32-35H2,1-13H3. The number of hydrogen-bond acceptors (Lipinski definition) is 4. The number of fused-ring (bicyclic) bond motifs is 10. The molecular weight excluding hydrogens is 914 g/mol. The topological polar surface area (TPSA) is 9.72 Å². The third kappa shape index (κ3) is 6.83. The molecule has 1 saturated carbocycles. The Hall–Kier alpha value is -6.04. The van der Waals surface area contributed by atoms with Crippen molar-refractivity contribution >= 4 is 89.3 Å². The lowest BCUT2D eigenvalue weighted by Gasteiger charge is -2.50. The molecule has 1 fully saturated rings. The van der Waals surface area contributed by atoms with Gasteiger partial charge in [0.2, 0.25) is 0 Å². The number of thiophene rings is 1. The fourth-order valence-corrected chi connectivity index (χ4v) is 15.9. The number of anilines is 8. The second-order valence-corrected chi connectivity index (χ2v) is 27.9. The molecule has 2 unspecified atom stereocenters. The molecule has 374 valence electrons. The van der Waals surface area contributed by atoms with Crippen molar-refractivity contribution in [2.75, 3.05) is 14.7 Å². The number of nitrogens with zero attached hydrogens (tertiary/aromatic N) is 3. The Morgan fingerprint density at radius 2 is 1.11 bits per heavy atom. The molecule has 4 heterocycles. The highest BCUT2D eigenvalue weighted by molar-refractivity contribution is 7.26. The van der Waals surface area contributed by atoms with Gasteiger partial charge in [-0.1, -0.05) is 162 Å². The molecule has 3 nitrogen and oxygen atoms in total. The molecule has 0 amide bonds. The van der Waals surface area contributed by atoms with Gasteiger partial charge in [0.15, 0.2) is 0 Å². The van der Waals surface area contributed by atoms with E-state index in [0.717, 1.165) is 6.42 Å². The first-order valence-corrected chi connectivity index (χ1v) is 28.6. The summed E-state index contributed by atoms with van der Waals surface area (Å²) in [6, 6.07) is 55.3. The van der Waals surface area contributed by atoms with Gasteiger partial charge in [-0.3, -0.25) is 0 Å². The van der Waals surface area contributed by atoms with Crippen molar-refractivity contribution in [1.29, 1.82) is 0 Å². The summed E-state index contributed by atoms with van der Waals surface area (Å²) in [6.45, 7) is 31.5. The van der Waals surface area contributed by atoms with Gasteiger partial charge < -0.3 is 14.7 Å². The van der Waals surface area contributed by atoms with Crippen molar-refractivity contribution in [2.45, 2.75) is 161 Å². The molecule has 8 aromatic rings. The smallest absolute Gasteiger partial charge is 0.254 e.